The standard InChI is InChI=1S/C21H22FN3O5S/c1-13-11-17-18(30-14(2)20(26)23-17)12-19(13)31(28,29)25-9-7-24(8-10-25)21(27)15-3-5-16(22)6-4-15/h3-6,11-12,14H,7-10H2,1-2H3,(H,23,26)/t14-/m1/s1. The third-order valence-corrected chi connectivity index (χ3v) is 7.48. The van der Waals surface area contributed by atoms with Crippen LogP contribution in [-0.4, -0.2) is 61.7 Å². The number of carbonyl (C=O) groups excluding carboxylic acids is 2. The Hall–Kier alpha value is -2.98. The summed E-state index contributed by atoms with van der Waals surface area (Å²) >= 11 is 0. The summed E-state index contributed by atoms with van der Waals surface area (Å²) in [5.74, 6) is -0.670. The zero-order valence-electron chi connectivity index (χ0n) is 17.1. The van der Waals surface area contributed by atoms with Gasteiger partial charge in [0.25, 0.3) is 11.8 Å². The van der Waals surface area contributed by atoms with Gasteiger partial charge in [-0.2, -0.15) is 4.31 Å². The molecular weight excluding hydrogens is 425 g/mol. The second-order valence-corrected chi connectivity index (χ2v) is 9.47. The van der Waals surface area contributed by atoms with Crippen LogP contribution in [0.2, 0.25) is 0 Å². The van der Waals surface area contributed by atoms with Crippen molar-refractivity contribution in [2.24, 2.45) is 0 Å². The molecule has 0 aliphatic carbocycles. The molecule has 0 radical (unpaired) electrons. The highest BCUT2D eigenvalue weighted by atomic mass is 32.2. The predicted octanol–water partition coefficient (Wildman–Crippen LogP) is 2.00. The molecule has 1 saturated heterocycles. The number of benzene rings is 2. The topological polar surface area (TPSA) is 96.0 Å². The molecule has 1 N–H and O–H groups in total. The smallest absolute Gasteiger partial charge is 0.265 e. The number of fused-ring (bicyclic) bond motifs is 1. The summed E-state index contributed by atoms with van der Waals surface area (Å²) in [5, 5.41) is 2.71. The van der Waals surface area contributed by atoms with Crippen molar-refractivity contribution in [2.45, 2.75) is 24.8 Å². The maximum atomic E-state index is 13.3. The Morgan fingerprint density at radius 1 is 1.13 bits per heavy atom. The Morgan fingerprint density at radius 2 is 1.77 bits per heavy atom. The van der Waals surface area contributed by atoms with E-state index in [0.717, 1.165) is 0 Å². The normalized spacial score (nSPS) is 19.4. The minimum atomic E-state index is -3.82. The van der Waals surface area contributed by atoms with Crippen LogP contribution < -0.4 is 10.1 Å². The van der Waals surface area contributed by atoms with Crippen LogP contribution in [0.5, 0.6) is 5.75 Å². The highest BCUT2D eigenvalue weighted by molar-refractivity contribution is 7.89. The molecule has 31 heavy (non-hydrogen) atoms. The van der Waals surface area contributed by atoms with Crippen LogP contribution in [0.4, 0.5) is 10.1 Å². The lowest BCUT2D eigenvalue weighted by Crippen LogP contribution is -2.50. The molecule has 1 fully saturated rings. The van der Waals surface area contributed by atoms with Gasteiger partial charge in [0.05, 0.1) is 10.6 Å². The minimum Gasteiger partial charge on any atom is -0.479 e. The Balaban J connectivity index is 1.51. The number of carbonyl (C=O) groups is 2. The molecule has 2 heterocycles. The fourth-order valence-electron chi connectivity index (χ4n) is 3.67. The number of hydrogen-bond acceptors (Lipinski definition) is 5. The molecule has 0 saturated carbocycles. The molecule has 8 nitrogen and oxygen atoms in total. The molecule has 4 rings (SSSR count). The van der Waals surface area contributed by atoms with Crippen molar-refractivity contribution in [1.29, 1.82) is 0 Å². The van der Waals surface area contributed by atoms with Crippen LogP contribution >= 0.6 is 0 Å². The number of amides is 2. The van der Waals surface area contributed by atoms with E-state index in [0.29, 0.717) is 22.6 Å². The van der Waals surface area contributed by atoms with Gasteiger partial charge < -0.3 is 15.0 Å². The van der Waals surface area contributed by atoms with Crippen LogP contribution in [0.1, 0.15) is 22.8 Å². The molecule has 2 aliphatic rings. The molecule has 2 aliphatic heterocycles. The van der Waals surface area contributed by atoms with Crippen LogP contribution in [0.15, 0.2) is 41.3 Å². The van der Waals surface area contributed by atoms with Crippen molar-refractivity contribution in [3.63, 3.8) is 0 Å². The molecule has 164 valence electrons. The van der Waals surface area contributed by atoms with Gasteiger partial charge in [-0.15, -0.1) is 0 Å². The maximum Gasteiger partial charge on any atom is 0.265 e. The average molecular weight is 447 g/mol. The third kappa shape index (κ3) is 4.00. The van der Waals surface area contributed by atoms with E-state index < -0.39 is 21.9 Å². The zero-order valence-corrected chi connectivity index (χ0v) is 17.9. The fraction of sp³-hybridized carbons (Fsp3) is 0.333. The third-order valence-electron chi connectivity index (χ3n) is 5.44. The van der Waals surface area contributed by atoms with Crippen LogP contribution in [-0.2, 0) is 14.8 Å². The Bertz CT molecular complexity index is 1140. The van der Waals surface area contributed by atoms with E-state index in [4.69, 9.17) is 4.74 Å². The van der Waals surface area contributed by atoms with Crippen molar-refractivity contribution in [1.82, 2.24) is 9.21 Å². The molecule has 0 unspecified atom stereocenters. The van der Waals surface area contributed by atoms with Gasteiger partial charge in [-0.05, 0) is 49.7 Å². The lowest BCUT2D eigenvalue weighted by Gasteiger charge is -2.34. The van der Waals surface area contributed by atoms with Crippen molar-refractivity contribution < 1.29 is 27.1 Å². The second-order valence-electron chi connectivity index (χ2n) is 7.57. The fourth-order valence-corrected chi connectivity index (χ4v) is 5.31. The Kier molecular flexibility index (Phi) is 5.44. The van der Waals surface area contributed by atoms with E-state index >= 15 is 0 Å². The van der Waals surface area contributed by atoms with E-state index in [1.165, 1.54) is 34.6 Å². The number of piperazine rings is 1. The van der Waals surface area contributed by atoms with Gasteiger partial charge in [0.1, 0.15) is 11.6 Å². The van der Waals surface area contributed by atoms with Crippen LogP contribution in [0, 0.1) is 12.7 Å². The Morgan fingerprint density at radius 3 is 2.42 bits per heavy atom. The highest BCUT2D eigenvalue weighted by Crippen LogP contribution is 2.35. The van der Waals surface area contributed by atoms with Crippen molar-refractivity contribution in [3.05, 3.63) is 53.3 Å². The zero-order chi connectivity index (χ0) is 22.3. The lowest BCUT2D eigenvalue weighted by molar-refractivity contribution is -0.122. The first-order valence-electron chi connectivity index (χ1n) is 9.84. The SMILES string of the molecule is Cc1cc2c(cc1S(=O)(=O)N1CCN(C(=O)c3ccc(F)cc3)CC1)O[C@H](C)C(=O)N2. The highest BCUT2D eigenvalue weighted by Gasteiger charge is 2.33. The first kappa shape index (κ1) is 21.3. The van der Waals surface area contributed by atoms with Gasteiger partial charge in [-0.3, -0.25) is 9.59 Å². The molecule has 0 spiro atoms. The van der Waals surface area contributed by atoms with Gasteiger partial charge in [0.2, 0.25) is 10.0 Å². The van der Waals surface area contributed by atoms with Crippen molar-refractivity contribution in [2.75, 3.05) is 31.5 Å². The van der Waals surface area contributed by atoms with Gasteiger partial charge >= 0.3 is 0 Å². The molecule has 0 aromatic heterocycles. The number of nitrogens with zero attached hydrogens (tertiary/aromatic N) is 2. The van der Waals surface area contributed by atoms with E-state index in [1.54, 1.807) is 24.8 Å². The number of ether oxygens (including phenoxy) is 1. The molecule has 1 atom stereocenters. The molecular formula is C21H22FN3O5S. The minimum absolute atomic E-state index is 0.105. The molecule has 2 aromatic carbocycles. The predicted molar refractivity (Wildman–Crippen MR) is 111 cm³/mol. The van der Waals surface area contributed by atoms with Crippen LogP contribution in [0.3, 0.4) is 0 Å². The van der Waals surface area contributed by atoms with Crippen molar-refractivity contribution >= 4 is 27.5 Å². The summed E-state index contributed by atoms with van der Waals surface area (Å²) in [6.45, 7) is 3.97. The van der Waals surface area contributed by atoms with E-state index in [9.17, 15) is 22.4 Å². The van der Waals surface area contributed by atoms with Gasteiger partial charge in [-0.1, -0.05) is 0 Å². The number of aryl methyl sites for hydroxylation is 1. The summed E-state index contributed by atoms with van der Waals surface area (Å²) in [5.41, 5.74) is 1.29. The average Bonchev–Trinajstić information content (AvgIpc) is 2.74. The quantitative estimate of drug-likeness (QED) is 0.777. The number of hydrogen-bond donors (Lipinski definition) is 1. The van der Waals surface area contributed by atoms with Gasteiger partial charge in [-0.25, -0.2) is 12.8 Å². The monoisotopic (exact) mass is 447 g/mol. The number of rotatable bonds is 3. The van der Waals surface area contributed by atoms with Gasteiger partial charge in [0, 0.05) is 37.8 Å². The number of anilines is 1. The van der Waals surface area contributed by atoms with Crippen molar-refractivity contribution in [3.8, 4) is 5.75 Å². The largest absolute Gasteiger partial charge is 0.479 e. The first-order valence-corrected chi connectivity index (χ1v) is 11.3. The van der Waals surface area contributed by atoms with E-state index in [-0.39, 0.29) is 42.9 Å². The van der Waals surface area contributed by atoms with E-state index in [1.807, 2.05) is 0 Å². The Labute approximate surface area is 179 Å². The number of nitrogens with one attached hydrogen (secondary N) is 1. The van der Waals surface area contributed by atoms with Gasteiger partial charge in [0.15, 0.2) is 6.10 Å². The summed E-state index contributed by atoms with van der Waals surface area (Å²) in [6, 6.07) is 8.29. The summed E-state index contributed by atoms with van der Waals surface area (Å²) < 4.78 is 46.5. The lowest BCUT2D eigenvalue weighted by atomic mass is 10.1. The molecule has 0 bridgehead atoms. The molecule has 10 heteroatoms. The summed E-state index contributed by atoms with van der Waals surface area (Å²) in [6.07, 6.45) is -0.716. The number of sulfonamides is 1. The first-order chi connectivity index (χ1) is 14.7. The maximum absolute atomic E-state index is 13.3. The summed E-state index contributed by atoms with van der Waals surface area (Å²) in [7, 11) is -3.82. The summed E-state index contributed by atoms with van der Waals surface area (Å²) in [4.78, 5) is 26.0. The van der Waals surface area contributed by atoms with Crippen LogP contribution in [0.25, 0.3) is 0 Å². The second kappa shape index (κ2) is 7.93. The number of halogens is 1. The van der Waals surface area contributed by atoms with E-state index in [2.05, 4.69) is 5.32 Å². The molecule has 2 amide bonds. The molecule has 2 aromatic rings.